The van der Waals surface area contributed by atoms with Gasteiger partial charge in [-0.2, -0.15) is 0 Å². The molecule has 1 amide bonds. The highest BCUT2D eigenvalue weighted by atomic mass is 79.9. The Kier molecular flexibility index (Phi) is 6.52. The highest BCUT2D eigenvalue weighted by Gasteiger charge is 2.24. The van der Waals surface area contributed by atoms with Gasteiger partial charge in [0.05, 0.1) is 12.5 Å². The molecule has 0 aliphatic rings. The van der Waals surface area contributed by atoms with Crippen molar-refractivity contribution in [2.24, 2.45) is 11.8 Å². The number of likely N-dealkylation sites (N-methyl/N-ethyl adjacent to an activating group) is 1. The monoisotopic (exact) mass is 327 g/mol. The van der Waals surface area contributed by atoms with E-state index in [0.717, 1.165) is 10.9 Å². The SMILES string of the molecule is CC(C)C(CO)C(=O)N(C)CCc1ccccc1Br. The maximum absolute atomic E-state index is 12.2. The van der Waals surface area contributed by atoms with Crippen LogP contribution in [0.5, 0.6) is 0 Å². The zero-order valence-corrected chi connectivity index (χ0v) is 13.4. The lowest BCUT2D eigenvalue weighted by molar-refractivity contribution is -0.137. The van der Waals surface area contributed by atoms with Crippen molar-refractivity contribution >= 4 is 21.8 Å². The Bertz CT molecular complexity index is 420. The molecule has 0 bridgehead atoms. The zero-order valence-electron chi connectivity index (χ0n) is 11.8. The summed E-state index contributed by atoms with van der Waals surface area (Å²) in [6.45, 7) is 4.49. The fraction of sp³-hybridized carbons (Fsp3) is 0.533. The smallest absolute Gasteiger partial charge is 0.228 e. The second kappa shape index (κ2) is 7.65. The summed E-state index contributed by atoms with van der Waals surface area (Å²) in [6, 6.07) is 8.02. The number of hydrogen-bond donors (Lipinski definition) is 1. The Hall–Kier alpha value is -0.870. The number of aliphatic hydroxyl groups is 1. The van der Waals surface area contributed by atoms with Gasteiger partial charge in [-0.3, -0.25) is 4.79 Å². The van der Waals surface area contributed by atoms with Crippen molar-refractivity contribution in [3.05, 3.63) is 34.3 Å². The first-order chi connectivity index (χ1) is 8.97. The maximum Gasteiger partial charge on any atom is 0.228 e. The number of carbonyl (C=O) groups excluding carboxylic acids is 1. The van der Waals surface area contributed by atoms with Gasteiger partial charge in [-0.05, 0) is 24.0 Å². The van der Waals surface area contributed by atoms with E-state index in [1.165, 1.54) is 5.56 Å². The van der Waals surface area contributed by atoms with Crippen LogP contribution in [0.2, 0.25) is 0 Å². The van der Waals surface area contributed by atoms with Gasteiger partial charge in [-0.25, -0.2) is 0 Å². The van der Waals surface area contributed by atoms with Crippen LogP contribution in [0.4, 0.5) is 0 Å². The summed E-state index contributed by atoms with van der Waals surface area (Å²) in [4.78, 5) is 13.9. The minimum Gasteiger partial charge on any atom is -0.396 e. The number of carbonyl (C=O) groups is 1. The second-order valence-corrected chi connectivity index (χ2v) is 5.99. The van der Waals surface area contributed by atoms with Gasteiger partial charge in [0.25, 0.3) is 0 Å². The third kappa shape index (κ3) is 4.62. The summed E-state index contributed by atoms with van der Waals surface area (Å²) in [5.41, 5.74) is 1.19. The molecule has 1 rings (SSSR count). The molecule has 19 heavy (non-hydrogen) atoms. The number of amides is 1. The molecular formula is C15H22BrNO2. The highest BCUT2D eigenvalue weighted by molar-refractivity contribution is 9.10. The molecular weight excluding hydrogens is 306 g/mol. The lowest BCUT2D eigenvalue weighted by Gasteiger charge is -2.25. The van der Waals surface area contributed by atoms with Crippen LogP contribution in [0.1, 0.15) is 19.4 Å². The number of hydrogen-bond acceptors (Lipinski definition) is 2. The van der Waals surface area contributed by atoms with E-state index in [2.05, 4.69) is 15.9 Å². The van der Waals surface area contributed by atoms with Crippen LogP contribution in [0.3, 0.4) is 0 Å². The first-order valence-corrected chi connectivity index (χ1v) is 7.36. The molecule has 0 saturated carbocycles. The Labute approximate surface area is 123 Å². The minimum absolute atomic E-state index is 0.0181. The van der Waals surface area contributed by atoms with Gasteiger partial charge in [0.2, 0.25) is 5.91 Å². The molecule has 4 heteroatoms. The summed E-state index contributed by atoms with van der Waals surface area (Å²) >= 11 is 3.51. The van der Waals surface area contributed by atoms with Crippen LogP contribution < -0.4 is 0 Å². The molecule has 0 spiro atoms. The van der Waals surface area contributed by atoms with E-state index in [4.69, 9.17) is 0 Å². The normalized spacial score (nSPS) is 12.5. The van der Waals surface area contributed by atoms with E-state index in [9.17, 15) is 9.90 Å². The Balaban J connectivity index is 2.58. The van der Waals surface area contributed by atoms with Crippen molar-refractivity contribution in [1.29, 1.82) is 0 Å². The van der Waals surface area contributed by atoms with Crippen LogP contribution in [0.15, 0.2) is 28.7 Å². The van der Waals surface area contributed by atoms with Crippen LogP contribution in [-0.4, -0.2) is 36.1 Å². The van der Waals surface area contributed by atoms with E-state index in [-0.39, 0.29) is 24.3 Å². The lowest BCUT2D eigenvalue weighted by Crippen LogP contribution is -2.38. The summed E-state index contributed by atoms with van der Waals surface area (Å²) in [7, 11) is 1.80. The summed E-state index contributed by atoms with van der Waals surface area (Å²) in [5.74, 6) is -0.128. The van der Waals surface area contributed by atoms with E-state index in [0.29, 0.717) is 6.54 Å². The van der Waals surface area contributed by atoms with Crippen molar-refractivity contribution in [1.82, 2.24) is 4.90 Å². The average Bonchev–Trinajstić information content (AvgIpc) is 2.37. The zero-order chi connectivity index (χ0) is 14.4. The first kappa shape index (κ1) is 16.2. The molecule has 1 aromatic rings. The summed E-state index contributed by atoms with van der Waals surface area (Å²) < 4.78 is 1.07. The number of benzene rings is 1. The van der Waals surface area contributed by atoms with Gasteiger partial charge < -0.3 is 10.0 Å². The predicted octanol–water partition coefficient (Wildman–Crippen LogP) is 2.71. The Morgan fingerprint density at radius 2 is 2.00 bits per heavy atom. The lowest BCUT2D eigenvalue weighted by atomic mass is 9.95. The first-order valence-electron chi connectivity index (χ1n) is 6.56. The quantitative estimate of drug-likeness (QED) is 0.872. The van der Waals surface area contributed by atoms with Gasteiger partial charge in [0.1, 0.15) is 0 Å². The molecule has 1 aromatic carbocycles. The summed E-state index contributed by atoms with van der Waals surface area (Å²) in [5, 5.41) is 9.29. The van der Waals surface area contributed by atoms with Gasteiger partial charge in [0.15, 0.2) is 0 Å². The fourth-order valence-corrected chi connectivity index (χ4v) is 2.44. The van der Waals surface area contributed by atoms with Crippen LogP contribution in [0, 0.1) is 11.8 Å². The van der Waals surface area contributed by atoms with Crippen molar-refractivity contribution < 1.29 is 9.90 Å². The second-order valence-electron chi connectivity index (χ2n) is 5.13. The molecule has 1 atom stereocenters. The third-order valence-electron chi connectivity index (χ3n) is 3.37. The average molecular weight is 328 g/mol. The predicted molar refractivity (Wildman–Crippen MR) is 80.9 cm³/mol. The Morgan fingerprint density at radius 3 is 2.53 bits per heavy atom. The van der Waals surface area contributed by atoms with E-state index in [1.807, 2.05) is 38.1 Å². The van der Waals surface area contributed by atoms with Crippen molar-refractivity contribution in [3.63, 3.8) is 0 Å². The van der Waals surface area contributed by atoms with E-state index < -0.39 is 0 Å². The van der Waals surface area contributed by atoms with Crippen LogP contribution in [0.25, 0.3) is 0 Å². The molecule has 0 aliphatic heterocycles. The number of aliphatic hydroxyl groups excluding tert-OH is 1. The molecule has 1 unspecified atom stereocenters. The standard InChI is InChI=1S/C15H22BrNO2/c1-11(2)13(10-18)15(19)17(3)9-8-12-6-4-5-7-14(12)16/h4-7,11,13,18H,8-10H2,1-3H3. The minimum atomic E-state index is -0.302. The van der Waals surface area contributed by atoms with Gasteiger partial charge in [0, 0.05) is 18.1 Å². The number of nitrogens with zero attached hydrogens (tertiary/aromatic N) is 1. The largest absolute Gasteiger partial charge is 0.396 e. The number of rotatable bonds is 6. The molecule has 0 aliphatic carbocycles. The van der Waals surface area contributed by atoms with Crippen molar-refractivity contribution in [2.45, 2.75) is 20.3 Å². The topological polar surface area (TPSA) is 40.5 Å². The van der Waals surface area contributed by atoms with Gasteiger partial charge in [-0.15, -0.1) is 0 Å². The molecule has 1 N–H and O–H groups in total. The molecule has 0 fully saturated rings. The van der Waals surface area contributed by atoms with Crippen molar-refractivity contribution in [3.8, 4) is 0 Å². The molecule has 3 nitrogen and oxygen atoms in total. The molecule has 0 heterocycles. The van der Waals surface area contributed by atoms with E-state index in [1.54, 1.807) is 11.9 Å². The Morgan fingerprint density at radius 1 is 1.37 bits per heavy atom. The molecule has 106 valence electrons. The van der Waals surface area contributed by atoms with Crippen molar-refractivity contribution in [2.75, 3.05) is 20.2 Å². The molecule has 0 radical (unpaired) electrons. The number of halogens is 1. The third-order valence-corrected chi connectivity index (χ3v) is 4.14. The molecule has 0 aromatic heterocycles. The van der Waals surface area contributed by atoms with Gasteiger partial charge >= 0.3 is 0 Å². The summed E-state index contributed by atoms with van der Waals surface area (Å²) in [6.07, 6.45) is 0.805. The van der Waals surface area contributed by atoms with E-state index >= 15 is 0 Å². The fourth-order valence-electron chi connectivity index (χ4n) is 1.96. The van der Waals surface area contributed by atoms with Crippen LogP contribution in [-0.2, 0) is 11.2 Å². The van der Waals surface area contributed by atoms with Crippen LogP contribution >= 0.6 is 15.9 Å². The molecule has 0 saturated heterocycles. The highest BCUT2D eigenvalue weighted by Crippen LogP contribution is 2.17. The van der Waals surface area contributed by atoms with Gasteiger partial charge in [-0.1, -0.05) is 48.0 Å². The maximum atomic E-state index is 12.2.